The fourth-order valence-electron chi connectivity index (χ4n) is 6.02. The van der Waals surface area contributed by atoms with Crippen LogP contribution in [0.25, 0.3) is 0 Å². The summed E-state index contributed by atoms with van der Waals surface area (Å²) in [5, 5.41) is 0. The van der Waals surface area contributed by atoms with Crippen LogP contribution in [-0.4, -0.2) is 44.2 Å². The smallest absolute Gasteiger partial charge is 0.142 e. The van der Waals surface area contributed by atoms with Crippen molar-refractivity contribution in [3.05, 3.63) is 92.9 Å². The van der Waals surface area contributed by atoms with Crippen LogP contribution in [0.4, 0.5) is 5.69 Å². The molecule has 3 saturated heterocycles. The van der Waals surface area contributed by atoms with Crippen molar-refractivity contribution < 1.29 is 4.74 Å². The lowest BCUT2D eigenvalue weighted by Crippen LogP contribution is -2.65. The number of benzene rings is 3. The van der Waals surface area contributed by atoms with Gasteiger partial charge in [-0.05, 0) is 79.4 Å². The Kier molecular flexibility index (Phi) is 6.82. The average Bonchev–Trinajstić information content (AvgIpc) is 2.86. The molecule has 3 heterocycles. The fourth-order valence-corrected chi connectivity index (χ4v) is 6.54. The van der Waals surface area contributed by atoms with Crippen LogP contribution in [0.3, 0.4) is 0 Å². The van der Waals surface area contributed by atoms with Crippen LogP contribution < -0.4 is 9.64 Å². The Balaban J connectivity index is 1.62. The maximum atomic E-state index is 5.76. The number of likely N-dealkylation sites (N-methyl/N-ethyl adjacent to an activating group) is 1. The van der Waals surface area contributed by atoms with Crippen molar-refractivity contribution in [3.63, 3.8) is 0 Å². The molecule has 3 aromatic carbocycles. The Morgan fingerprint density at radius 2 is 1.39 bits per heavy atom. The topological polar surface area (TPSA) is 15.7 Å². The lowest BCUT2D eigenvalue weighted by molar-refractivity contribution is 0.0185. The lowest BCUT2D eigenvalue weighted by atomic mass is 9.70. The summed E-state index contributed by atoms with van der Waals surface area (Å²) in [5.41, 5.74) is 3.92. The molecule has 0 radical (unpaired) electrons. The van der Waals surface area contributed by atoms with Gasteiger partial charge in [-0.2, -0.15) is 0 Å². The van der Waals surface area contributed by atoms with E-state index in [-0.39, 0.29) is 5.92 Å². The largest absolute Gasteiger partial charge is 0.495 e. The lowest BCUT2D eigenvalue weighted by Gasteiger charge is -2.56. The summed E-state index contributed by atoms with van der Waals surface area (Å²) in [6.07, 6.45) is 2.52. The molecule has 3 aliphatic rings. The van der Waals surface area contributed by atoms with E-state index in [4.69, 9.17) is 4.74 Å². The van der Waals surface area contributed by atoms with Gasteiger partial charge in [-0.3, -0.25) is 4.90 Å². The summed E-state index contributed by atoms with van der Waals surface area (Å²) in [4.78, 5) is 5.25. The van der Waals surface area contributed by atoms with Gasteiger partial charge in [-0.15, -0.1) is 0 Å². The highest BCUT2D eigenvalue weighted by Gasteiger charge is 2.48. The SMILES string of the molecule is COc1ccccc1N(C)[C@@H]1C2CCN(CC2)[C@@H]1C(c1ccc(Br)cc1)c1ccc(Br)cc1. The van der Waals surface area contributed by atoms with Gasteiger partial charge < -0.3 is 9.64 Å². The van der Waals surface area contributed by atoms with Crippen molar-refractivity contribution >= 4 is 37.5 Å². The second-order valence-electron chi connectivity index (χ2n) is 9.22. The second-order valence-corrected chi connectivity index (χ2v) is 11.0. The van der Waals surface area contributed by atoms with Crippen molar-refractivity contribution in [2.75, 3.05) is 32.1 Å². The van der Waals surface area contributed by atoms with E-state index in [0.29, 0.717) is 18.0 Å². The zero-order valence-electron chi connectivity index (χ0n) is 19.1. The van der Waals surface area contributed by atoms with Crippen molar-refractivity contribution in [1.82, 2.24) is 4.90 Å². The van der Waals surface area contributed by atoms with Gasteiger partial charge >= 0.3 is 0 Å². The van der Waals surface area contributed by atoms with Crippen molar-refractivity contribution in [1.29, 1.82) is 0 Å². The Morgan fingerprint density at radius 3 is 1.94 bits per heavy atom. The zero-order chi connectivity index (χ0) is 22.9. The first-order chi connectivity index (χ1) is 16.1. The summed E-state index contributed by atoms with van der Waals surface area (Å²) in [5.74, 6) is 1.90. The van der Waals surface area contributed by atoms with Gasteiger partial charge in [-0.1, -0.05) is 68.3 Å². The number of hydrogen-bond acceptors (Lipinski definition) is 3. The number of halogens is 2. The van der Waals surface area contributed by atoms with E-state index in [9.17, 15) is 0 Å². The Bertz CT molecular complexity index is 1030. The third kappa shape index (κ3) is 4.48. The number of hydrogen-bond donors (Lipinski definition) is 0. The molecule has 0 unspecified atom stereocenters. The maximum absolute atomic E-state index is 5.76. The van der Waals surface area contributed by atoms with Gasteiger partial charge in [0, 0.05) is 34.0 Å². The molecule has 0 saturated carbocycles. The minimum Gasteiger partial charge on any atom is -0.495 e. The second kappa shape index (κ2) is 9.81. The number of nitrogens with zero attached hydrogens (tertiary/aromatic N) is 2. The maximum Gasteiger partial charge on any atom is 0.142 e. The number of anilines is 1. The highest BCUT2D eigenvalue weighted by molar-refractivity contribution is 9.10. The summed E-state index contributed by atoms with van der Waals surface area (Å²) in [6, 6.07) is 27.1. The van der Waals surface area contributed by atoms with Gasteiger partial charge in [0.15, 0.2) is 0 Å². The van der Waals surface area contributed by atoms with Gasteiger partial charge in [0.2, 0.25) is 0 Å². The van der Waals surface area contributed by atoms with E-state index in [1.807, 2.05) is 0 Å². The Hall–Kier alpha value is -1.82. The molecule has 0 N–H and O–H groups in total. The third-order valence-electron chi connectivity index (χ3n) is 7.54. The zero-order valence-corrected chi connectivity index (χ0v) is 22.3. The molecule has 0 amide bonds. The highest BCUT2D eigenvalue weighted by atomic mass is 79.9. The molecule has 172 valence electrons. The first-order valence-corrected chi connectivity index (χ1v) is 13.3. The summed E-state index contributed by atoms with van der Waals surface area (Å²) >= 11 is 7.26. The highest BCUT2D eigenvalue weighted by Crippen LogP contribution is 2.46. The molecular formula is C28H30Br2N2O. The third-order valence-corrected chi connectivity index (χ3v) is 8.60. The molecule has 6 rings (SSSR count). The van der Waals surface area contributed by atoms with Crippen LogP contribution >= 0.6 is 31.9 Å². The molecule has 3 aromatic rings. The van der Waals surface area contributed by atoms with Crippen LogP contribution in [-0.2, 0) is 0 Å². The number of para-hydroxylation sites is 2. The van der Waals surface area contributed by atoms with E-state index >= 15 is 0 Å². The van der Waals surface area contributed by atoms with Crippen LogP contribution in [0.15, 0.2) is 81.7 Å². The number of rotatable bonds is 6. The minimum absolute atomic E-state index is 0.288. The summed E-state index contributed by atoms with van der Waals surface area (Å²) in [6.45, 7) is 2.35. The Morgan fingerprint density at radius 1 is 0.848 bits per heavy atom. The number of ether oxygens (including phenoxy) is 1. The predicted octanol–water partition coefficient (Wildman–Crippen LogP) is 6.95. The predicted molar refractivity (Wildman–Crippen MR) is 143 cm³/mol. The first-order valence-electron chi connectivity index (χ1n) is 11.7. The Labute approximate surface area is 214 Å². The molecule has 3 nitrogen and oxygen atoms in total. The molecule has 0 aliphatic carbocycles. The molecule has 0 spiro atoms. The van der Waals surface area contributed by atoms with Gasteiger partial charge in [0.05, 0.1) is 12.8 Å². The van der Waals surface area contributed by atoms with Crippen LogP contribution in [0.5, 0.6) is 5.75 Å². The number of piperidine rings is 3. The van der Waals surface area contributed by atoms with E-state index in [2.05, 4.69) is 122 Å². The summed E-state index contributed by atoms with van der Waals surface area (Å²) < 4.78 is 8.00. The van der Waals surface area contributed by atoms with E-state index in [0.717, 1.165) is 14.7 Å². The molecule has 2 atom stereocenters. The average molecular weight is 570 g/mol. The first kappa shape index (κ1) is 22.9. The summed E-state index contributed by atoms with van der Waals surface area (Å²) in [7, 11) is 4.03. The minimum atomic E-state index is 0.288. The normalized spacial score (nSPS) is 24.2. The fraction of sp³-hybridized carbons (Fsp3) is 0.357. The van der Waals surface area contributed by atoms with Crippen LogP contribution in [0, 0.1) is 5.92 Å². The van der Waals surface area contributed by atoms with E-state index in [1.165, 1.54) is 42.7 Å². The molecule has 5 heteroatoms. The molecule has 0 aromatic heterocycles. The van der Waals surface area contributed by atoms with Gasteiger partial charge in [0.25, 0.3) is 0 Å². The number of fused-ring (bicyclic) bond motifs is 3. The van der Waals surface area contributed by atoms with Gasteiger partial charge in [0.1, 0.15) is 5.75 Å². The standard InChI is InChI=1S/C28H30Br2N2O/c1-31(24-5-3-4-6-25(24)33-2)27-21-15-17-32(18-16-21)28(27)26(19-7-11-22(29)12-8-19)20-9-13-23(30)14-10-20/h3-14,21,26-28H,15-18H2,1-2H3/t27-,28-/m1/s1. The van der Waals surface area contributed by atoms with E-state index < -0.39 is 0 Å². The monoisotopic (exact) mass is 568 g/mol. The van der Waals surface area contributed by atoms with Crippen molar-refractivity contribution in [2.24, 2.45) is 5.92 Å². The molecule has 3 aliphatic heterocycles. The number of methoxy groups -OCH3 is 1. The quantitative estimate of drug-likeness (QED) is 0.319. The van der Waals surface area contributed by atoms with Gasteiger partial charge in [-0.25, -0.2) is 0 Å². The molecular weight excluding hydrogens is 540 g/mol. The molecule has 2 bridgehead atoms. The molecule has 3 fully saturated rings. The van der Waals surface area contributed by atoms with Crippen LogP contribution in [0.1, 0.15) is 29.9 Å². The van der Waals surface area contributed by atoms with E-state index in [1.54, 1.807) is 7.11 Å². The molecule has 33 heavy (non-hydrogen) atoms. The van der Waals surface area contributed by atoms with Crippen molar-refractivity contribution in [3.8, 4) is 5.75 Å². The van der Waals surface area contributed by atoms with Crippen LogP contribution in [0.2, 0.25) is 0 Å². The van der Waals surface area contributed by atoms with Crippen molar-refractivity contribution in [2.45, 2.75) is 30.8 Å².